The van der Waals surface area contributed by atoms with Crippen LogP contribution >= 0.6 is 0 Å². The average Bonchev–Trinajstić information content (AvgIpc) is 2.29. The lowest BCUT2D eigenvalue weighted by molar-refractivity contribution is 0.0981. The van der Waals surface area contributed by atoms with Crippen molar-refractivity contribution in [1.82, 2.24) is 4.72 Å². The van der Waals surface area contributed by atoms with Crippen LogP contribution in [0.3, 0.4) is 0 Å². The van der Waals surface area contributed by atoms with Gasteiger partial charge in [-0.05, 0) is 31.5 Å². The molecule has 18 heavy (non-hydrogen) atoms. The van der Waals surface area contributed by atoms with Crippen LogP contribution in [0.15, 0.2) is 24.3 Å². The molecule has 1 amide bonds. The van der Waals surface area contributed by atoms with Gasteiger partial charge in [0.1, 0.15) is 5.75 Å². The van der Waals surface area contributed by atoms with E-state index in [9.17, 15) is 13.2 Å². The maximum atomic E-state index is 11.7. The standard InChI is InChI=1S/C12H17NO4S/c1-3-8-18(15,16)13-12(14)10-6-5-7-11(9-10)17-4-2/h5-7,9H,3-4,8H2,1-2H3,(H,13,14). The number of ether oxygens (including phenoxy) is 1. The molecule has 0 atom stereocenters. The summed E-state index contributed by atoms with van der Waals surface area (Å²) in [5, 5.41) is 0. The summed E-state index contributed by atoms with van der Waals surface area (Å²) in [6, 6.07) is 6.41. The monoisotopic (exact) mass is 271 g/mol. The Morgan fingerprint density at radius 2 is 2.06 bits per heavy atom. The van der Waals surface area contributed by atoms with Crippen LogP contribution in [0.1, 0.15) is 30.6 Å². The van der Waals surface area contributed by atoms with Gasteiger partial charge in [0.05, 0.1) is 12.4 Å². The summed E-state index contributed by atoms with van der Waals surface area (Å²) < 4.78 is 30.2. The van der Waals surface area contributed by atoms with Crippen LogP contribution in [-0.2, 0) is 10.0 Å². The SMILES string of the molecule is CCCS(=O)(=O)NC(=O)c1cccc(OCC)c1. The molecule has 6 heteroatoms. The fraction of sp³-hybridized carbons (Fsp3) is 0.417. The predicted octanol–water partition coefficient (Wildman–Crippen LogP) is 1.55. The second kappa shape index (κ2) is 6.39. The molecule has 1 aromatic carbocycles. The van der Waals surface area contributed by atoms with E-state index in [1.165, 1.54) is 6.07 Å². The van der Waals surface area contributed by atoms with E-state index < -0.39 is 15.9 Å². The zero-order valence-electron chi connectivity index (χ0n) is 10.5. The van der Waals surface area contributed by atoms with E-state index in [0.29, 0.717) is 18.8 Å². The Morgan fingerprint density at radius 1 is 1.33 bits per heavy atom. The highest BCUT2D eigenvalue weighted by molar-refractivity contribution is 7.90. The fourth-order valence-corrected chi connectivity index (χ4v) is 2.45. The second-order valence-electron chi connectivity index (χ2n) is 3.71. The van der Waals surface area contributed by atoms with Crippen molar-refractivity contribution < 1.29 is 17.9 Å². The van der Waals surface area contributed by atoms with Crippen molar-refractivity contribution in [1.29, 1.82) is 0 Å². The first-order chi connectivity index (χ1) is 8.48. The van der Waals surface area contributed by atoms with Gasteiger partial charge in [-0.3, -0.25) is 4.79 Å². The molecule has 0 aliphatic carbocycles. The number of hydrogen-bond donors (Lipinski definition) is 1. The zero-order valence-corrected chi connectivity index (χ0v) is 11.3. The lowest BCUT2D eigenvalue weighted by Crippen LogP contribution is -2.32. The molecule has 0 saturated heterocycles. The summed E-state index contributed by atoms with van der Waals surface area (Å²) in [5.41, 5.74) is 0.264. The van der Waals surface area contributed by atoms with Gasteiger partial charge < -0.3 is 4.74 Å². The van der Waals surface area contributed by atoms with Gasteiger partial charge in [-0.1, -0.05) is 13.0 Å². The lowest BCUT2D eigenvalue weighted by atomic mass is 10.2. The van der Waals surface area contributed by atoms with Gasteiger partial charge in [0.15, 0.2) is 0 Å². The first-order valence-electron chi connectivity index (χ1n) is 5.76. The van der Waals surface area contributed by atoms with E-state index >= 15 is 0 Å². The molecule has 0 unspecified atom stereocenters. The Kier molecular flexibility index (Phi) is 5.15. The number of nitrogens with one attached hydrogen (secondary N) is 1. The third kappa shape index (κ3) is 4.37. The number of hydrogen-bond acceptors (Lipinski definition) is 4. The Bertz CT molecular complexity index is 511. The van der Waals surface area contributed by atoms with Gasteiger partial charge in [0, 0.05) is 5.56 Å². The summed E-state index contributed by atoms with van der Waals surface area (Å²) in [6.07, 6.45) is 0.460. The van der Waals surface area contributed by atoms with Crippen molar-refractivity contribution in [2.45, 2.75) is 20.3 Å². The molecule has 0 aliphatic heterocycles. The lowest BCUT2D eigenvalue weighted by Gasteiger charge is -2.07. The van der Waals surface area contributed by atoms with Gasteiger partial charge in [-0.2, -0.15) is 0 Å². The van der Waals surface area contributed by atoms with Gasteiger partial charge >= 0.3 is 0 Å². The van der Waals surface area contributed by atoms with Crippen LogP contribution in [-0.4, -0.2) is 26.7 Å². The molecular weight excluding hydrogens is 254 g/mol. The van der Waals surface area contributed by atoms with E-state index in [4.69, 9.17) is 4.74 Å². The minimum atomic E-state index is -3.54. The molecule has 0 fully saturated rings. The van der Waals surface area contributed by atoms with Crippen LogP contribution < -0.4 is 9.46 Å². The van der Waals surface area contributed by atoms with Crippen molar-refractivity contribution in [3.05, 3.63) is 29.8 Å². The Balaban J connectivity index is 2.81. The van der Waals surface area contributed by atoms with Crippen LogP contribution in [0, 0.1) is 0 Å². The van der Waals surface area contributed by atoms with Crippen molar-refractivity contribution in [2.75, 3.05) is 12.4 Å². The van der Waals surface area contributed by atoms with E-state index in [1.807, 2.05) is 11.6 Å². The highest BCUT2D eigenvalue weighted by Gasteiger charge is 2.15. The largest absolute Gasteiger partial charge is 0.494 e. The van der Waals surface area contributed by atoms with Gasteiger partial charge in [-0.25, -0.2) is 13.1 Å². The number of benzene rings is 1. The van der Waals surface area contributed by atoms with E-state index in [0.717, 1.165) is 0 Å². The third-order valence-electron chi connectivity index (χ3n) is 2.13. The van der Waals surface area contributed by atoms with Gasteiger partial charge in [0.25, 0.3) is 5.91 Å². The van der Waals surface area contributed by atoms with Crippen LogP contribution in [0.4, 0.5) is 0 Å². The summed E-state index contributed by atoms with van der Waals surface area (Å²) in [4.78, 5) is 11.7. The molecule has 0 radical (unpaired) electrons. The van der Waals surface area contributed by atoms with E-state index in [2.05, 4.69) is 0 Å². The molecule has 0 spiro atoms. The van der Waals surface area contributed by atoms with Crippen molar-refractivity contribution >= 4 is 15.9 Å². The van der Waals surface area contributed by atoms with Crippen molar-refractivity contribution in [3.63, 3.8) is 0 Å². The van der Waals surface area contributed by atoms with Crippen molar-refractivity contribution in [2.24, 2.45) is 0 Å². The maximum absolute atomic E-state index is 11.7. The molecular formula is C12H17NO4S. The number of amides is 1. The summed E-state index contributed by atoms with van der Waals surface area (Å²) >= 11 is 0. The molecule has 5 nitrogen and oxygen atoms in total. The predicted molar refractivity (Wildman–Crippen MR) is 69.2 cm³/mol. The molecule has 1 aromatic rings. The average molecular weight is 271 g/mol. The van der Waals surface area contributed by atoms with Gasteiger partial charge in [0.2, 0.25) is 10.0 Å². The summed E-state index contributed by atoms with van der Waals surface area (Å²) in [7, 11) is -3.54. The van der Waals surface area contributed by atoms with E-state index in [1.54, 1.807) is 25.1 Å². The molecule has 0 heterocycles. The first-order valence-corrected chi connectivity index (χ1v) is 7.41. The molecule has 1 N–H and O–H groups in total. The Morgan fingerprint density at radius 3 is 2.67 bits per heavy atom. The smallest absolute Gasteiger partial charge is 0.264 e. The minimum Gasteiger partial charge on any atom is -0.494 e. The van der Waals surface area contributed by atoms with Crippen molar-refractivity contribution in [3.8, 4) is 5.75 Å². The molecule has 0 saturated carbocycles. The second-order valence-corrected chi connectivity index (χ2v) is 5.55. The van der Waals surface area contributed by atoms with E-state index in [-0.39, 0.29) is 11.3 Å². The maximum Gasteiger partial charge on any atom is 0.264 e. The van der Waals surface area contributed by atoms with Crippen LogP contribution in [0.2, 0.25) is 0 Å². The third-order valence-corrected chi connectivity index (χ3v) is 3.57. The summed E-state index contributed by atoms with van der Waals surface area (Å²) in [5.74, 6) is -0.160. The van der Waals surface area contributed by atoms with Gasteiger partial charge in [-0.15, -0.1) is 0 Å². The zero-order chi connectivity index (χ0) is 13.6. The summed E-state index contributed by atoms with van der Waals surface area (Å²) in [6.45, 7) is 4.05. The highest BCUT2D eigenvalue weighted by Crippen LogP contribution is 2.13. The number of sulfonamides is 1. The molecule has 0 aromatic heterocycles. The molecule has 0 bridgehead atoms. The highest BCUT2D eigenvalue weighted by atomic mass is 32.2. The number of carbonyl (C=O) groups excluding carboxylic acids is 1. The molecule has 100 valence electrons. The minimum absolute atomic E-state index is 0.0656. The topological polar surface area (TPSA) is 72.5 Å². The quantitative estimate of drug-likeness (QED) is 0.852. The van der Waals surface area contributed by atoms with Crippen LogP contribution in [0.5, 0.6) is 5.75 Å². The first kappa shape index (κ1) is 14.5. The number of carbonyl (C=O) groups is 1. The normalized spacial score (nSPS) is 11.0. The van der Waals surface area contributed by atoms with Crippen LogP contribution in [0.25, 0.3) is 0 Å². The Labute approximate surface area is 107 Å². The Hall–Kier alpha value is -1.56. The molecule has 1 rings (SSSR count). The number of rotatable bonds is 6. The molecule has 0 aliphatic rings. The fourth-order valence-electron chi connectivity index (χ4n) is 1.41.